The minimum atomic E-state index is -0.104. The van der Waals surface area contributed by atoms with Gasteiger partial charge in [-0.1, -0.05) is 0 Å². The molecule has 5 nitrogen and oxygen atoms in total. The van der Waals surface area contributed by atoms with Crippen LogP contribution in [0.3, 0.4) is 0 Å². The van der Waals surface area contributed by atoms with Gasteiger partial charge in [0.25, 0.3) is 5.91 Å². The summed E-state index contributed by atoms with van der Waals surface area (Å²) in [4.78, 5) is 17.0. The zero-order chi connectivity index (χ0) is 14.7. The summed E-state index contributed by atoms with van der Waals surface area (Å²) in [7, 11) is 3.32. The highest BCUT2D eigenvalue weighted by Gasteiger charge is 2.18. The normalized spacial score (nSPS) is 10.3. The maximum Gasteiger partial charge on any atom is 0.270 e. The molecule has 1 aromatic heterocycles. The number of carbonyl (C=O) groups excluding carboxylic acids is 1. The van der Waals surface area contributed by atoms with Crippen molar-refractivity contribution >= 4 is 16.8 Å². The quantitative estimate of drug-likeness (QED) is 0.928. The molecule has 5 heteroatoms. The van der Waals surface area contributed by atoms with Gasteiger partial charge in [-0.3, -0.25) is 4.79 Å². The number of aryl methyl sites for hydroxylation is 1. The van der Waals surface area contributed by atoms with Crippen molar-refractivity contribution in [2.45, 2.75) is 13.3 Å². The highest BCUT2D eigenvalue weighted by molar-refractivity contribution is 6.01. The van der Waals surface area contributed by atoms with E-state index in [1.165, 1.54) is 0 Å². The third-order valence-electron chi connectivity index (χ3n) is 3.38. The summed E-state index contributed by atoms with van der Waals surface area (Å²) in [6.45, 7) is 2.33. The number of nitrogens with one attached hydrogen (secondary N) is 1. The van der Waals surface area contributed by atoms with Crippen molar-refractivity contribution in [2.75, 3.05) is 20.7 Å². The molecule has 0 radical (unpaired) electrons. The molecule has 0 saturated heterocycles. The Morgan fingerprint density at radius 3 is 2.90 bits per heavy atom. The summed E-state index contributed by atoms with van der Waals surface area (Å²) in [5.74, 6) is 0.657. The van der Waals surface area contributed by atoms with E-state index in [-0.39, 0.29) is 5.91 Å². The minimum Gasteiger partial charge on any atom is -0.497 e. The van der Waals surface area contributed by atoms with E-state index in [4.69, 9.17) is 10.00 Å². The van der Waals surface area contributed by atoms with E-state index in [1.54, 1.807) is 19.1 Å². The molecule has 0 unspecified atom stereocenters. The fraction of sp³-hybridized carbons (Fsp3) is 0.333. The van der Waals surface area contributed by atoms with Gasteiger partial charge in [0.1, 0.15) is 11.4 Å². The Morgan fingerprint density at radius 2 is 2.25 bits per heavy atom. The number of hydrogen-bond acceptors (Lipinski definition) is 3. The Kier molecular flexibility index (Phi) is 3.94. The second-order valence-electron chi connectivity index (χ2n) is 4.67. The summed E-state index contributed by atoms with van der Waals surface area (Å²) >= 11 is 0. The molecular formula is C15H17N3O2. The number of hydrogen-bond donors (Lipinski definition) is 1. The number of fused-ring (bicyclic) bond motifs is 1. The number of H-pyrrole nitrogens is 1. The molecule has 1 heterocycles. The van der Waals surface area contributed by atoms with Gasteiger partial charge < -0.3 is 14.6 Å². The first-order chi connectivity index (χ1) is 9.58. The highest BCUT2D eigenvalue weighted by atomic mass is 16.5. The Hall–Kier alpha value is -2.48. The molecule has 0 saturated carbocycles. The molecule has 0 spiro atoms. The van der Waals surface area contributed by atoms with Crippen LogP contribution < -0.4 is 4.74 Å². The van der Waals surface area contributed by atoms with E-state index in [2.05, 4.69) is 4.98 Å². The Morgan fingerprint density at radius 1 is 1.50 bits per heavy atom. The van der Waals surface area contributed by atoms with Gasteiger partial charge in [0.15, 0.2) is 0 Å². The third kappa shape index (κ3) is 2.45. The van der Waals surface area contributed by atoms with Crippen LogP contribution >= 0.6 is 0 Å². The van der Waals surface area contributed by atoms with Gasteiger partial charge in [0.2, 0.25) is 0 Å². The second kappa shape index (κ2) is 5.66. The predicted molar refractivity (Wildman–Crippen MR) is 76.8 cm³/mol. The molecule has 0 aliphatic carbocycles. The van der Waals surface area contributed by atoms with Crippen molar-refractivity contribution < 1.29 is 9.53 Å². The number of nitriles is 1. The fourth-order valence-corrected chi connectivity index (χ4v) is 2.16. The van der Waals surface area contributed by atoms with Crippen molar-refractivity contribution in [3.63, 3.8) is 0 Å². The summed E-state index contributed by atoms with van der Waals surface area (Å²) in [6.07, 6.45) is 0.329. The van der Waals surface area contributed by atoms with Crippen LogP contribution in [0.2, 0.25) is 0 Å². The van der Waals surface area contributed by atoms with Crippen molar-refractivity contribution in [2.24, 2.45) is 0 Å². The van der Waals surface area contributed by atoms with Gasteiger partial charge in [0, 0.05) is 24.5 Å². The number of aromatic amines is 1. The van der Waals surface area contributed by atoms with E-state index >= 15 is 0 Å². The average molecular weight is 271 g/mol. The van der Waals surface area contributed by atoms with E-state index < -0.39 is 0 Å². The van der Waals surface area contributed by atoms with Gasteiger partial charge in [0.05, 0.1) is 19.6 Å². The van der Waals surface area contributed by atoms with Crippen molar-refractivity contribution in [3.05, 3.63) is 29.5 Å². The van der Waals surface area contributed by atoms with Gasteiger partial charge in [-0.25, -0.2) is 0 Å². The van der Waals surface area contributed by atoms with Crippen LogP contribution in [-0.4, -0.2) is 36.5 Å². The zero-order valence-electron chi connectivity index (χ0n) is 11.9. The fourth-order valence-electron chi connectivity index (χ4n) is 2.16. The number of methoxy groups -OCH3 is 1. The number of carbonyl (C=O) groups is 1. The molecule has 1 amide bonds. The van der Waals surface area contributed by atoms with Crippen LogP contribution in [0.5, 0.6) is 5.75 Å². The molecular weight excluding hydrogens is 254 g/mol. The van der Waals surface area contributed by atoms with Crippen LogP contribution in [-0.2, 0) is 0 Å². The maximum absolute atomic E-state index is 12.3. The topological polar surface area (TPSA) is 69.1 Å². The van der Waals surface area contributed by atoms with Crippen LogP contribution in [0.25, 0.3) is 10.9 Å². The average Bonchev–Trinajstić information content (AvgIpc) is 2.80. The Balaban J connectivity index is 2.38. The third-order valence-corrected chi connectivity index (χ3v) is 3.38. The van der Waals surface area contributed by atoms with Crippen LogP contribution in [0.4, 0.5) is 0 Å². The Bertz CT molecular complexity index is 682. The summed E-state index contributed by atoms with van der Waals surface area (Å²) in [6, 6.07) is 7.70. The molecule has 1 N–H and O–H groups in total. The first kappa shape index (κ1) is 13.9. The lowest BCUT2D eigenvalue weighted by atomic mass is 10.1. The standard InChI is InChI=1S/C15H17N3O2/c1-10-12-9-11(20-3)5-6-13(12)17-14(10)15(19)18(2)8-4-7-16/h5-6,9,17H,4,8H2,1-3H3. The van der Waals surface area contributed by atoms with Gasteiger partial charge >= 0.3 is 0 Å². The van der Waals surface area contributed by atoms with Crippen LogP contribution in [0, 0.1) is 18.3 Å². The zero-order valence-corrected chi connectivity index (χ0v) is 11.9. The van der Waals surface area contributed by atoms with Gasteiger partial charge in [-0.2, -0.15) is 5.26 Å². The lowest BCUT2D eigenvalue weighted by Crippen LogP contribution is -2.28. The van der Waals surface area contributed by atoms with E-state index in [9.17, 15) is 4.79 Å². The molecule has 2 rings (SSSR count). The van der Waals surface area contributed by atoms with Gasteiger partial charge in [-0.05, 0) is 30.7 Å². The van der Waals surface area contributed by atoms with E-state index in [0.29, 0.717) is 18.7 Å². The number of rotatable bonds is 4. The lowest BCUT2D eigenvalue weighted by molar-refractivity contribution is 0.0792. The first-order valence-corrected chi connectivity index (χ1v) is 6.37. The summed E-state index contributed by atoms with van der Waals surface area (Å²) in [5, 5.41) is 9.56. The van der Waals surface area contributed by atoms with Crippen LogP contribution in [0.15, 0.2) is 18.2 Å². The molecule has 1 aromatic carbocycles. The van der Waals surface area contributed by atoms with Crippen molar-refractivity contribution in [1.29, 1.82) is 5.26 Å². The molecule has 0 bridgehead atoms. The molecule has 20 heavy (non-hydrogen) atoms. The number of benzene rings is 1. The highest BCUT2D eigenvalue weighted by Crippen LogP contribution is 2.26. The molecule has 104 valence electrons. The van der Waals surface area contributed by atoms with Gasteiger partial charge in [-0.15, -0.1) is 0 Å². The molecule has 0 atom stereocenters. The van der Waals surface area contributed by atoms with Crippen molar-refractivity contribution in [3.8, 4) is 11.8 Å². The summed E-state index contributed by atoms with van der Waals surface area (Å²) in [5.41, 5.74) is 2.36. The predicted octanol–water partition coefficient (Wildman–Crippen LogP) is 2.47. The second-order valence-corrected chi connectivity index (χ2v) is 4.67. The molecule has 0 aliphatic rings. The molecule has 0 aliphatic heterocycles. The molecule has 0 fully saturated rings. The number of nitrogens with zero attached hydrogens (tertiary/aromatic N) is 2. The summed E-state index contributed by atoms with van der Waals surface area (Å²) < 4.78 is 5.20. The SMILES string of the molecule is COc1ccc2[nH]c(C(=O)N(C)CCC#N)c(C)c2c1. The number of aromatic nitrogens is 1. The monoisotopic (exact) mass is 271 g/mol. The largest absolute Gasteiger partial charge is 0.497 e. The lowest BCUT2D eigenvalue weighted by Gasteiger charge is -2.14. The number of amides is 1. The number of ether oxygens (including phenoxy) is 1. The van der Waals surface area contributed by atoms with Crippen LogP contribution in [0.1, 0.15) is 22.5 Å². The minimum absolute atomic E-state index is 0.104. The Labute approximate surface area is 117 Å². The first-order valence-electron chi connectivity index (χ1n) is 6.37. The van der Waals surface area contributed by atoms with Crippen molar-refractivity contribution in [1.82, 2.24) is 9.88 Å². The molecule has 2 aromatic rings. The maximum atomic E-state index is 12.3. The van der Waals surface area contributed by atoms with E-state index in [0.717, 1.165) is 22.2 Å². The van der Waals surface area contributed by atoms with E-state index in [1.807, 2.05) is 31.2 Å². The smallest absolute Gasteiger partial charge is 0.270 e.